The highest BCUT2D eigenvalue weighted by molar-refractivity contribution is 5.98. The van der Waals surface area contributed by atoms with Gasteiger partial charge in [0, 0.05) is 24.0 Å². The first-order valence-electron chi connectivity index (χ1n) is 5.70. The molecule has 0 saturated carbocycles. The van der Waals surface area contributed by atoms with Crippen molar-refractivity contribution in [3.05, 3.63) is 23.8 Å². The Bertz CT molecular complexity index is 414. The Labute approximate surface area is 100 Å². The van der Waals surface area contributed by atoms with Crippen LogP contribution in [-0.4, -0.2) is 25.2 Å². The van der Waals surface area contributed by atoms with Crippen LogP contribution < -0.4 is 16.8 Å². The molecule has 1 saturated heterocycles. The van der Waals surface area contributed by atoms with Crippen molar-refractivity contribution in [3.63, 3.8) is 0 Å². The molecule has 1 aromatic carbocycles. The van der Waals surface area contributed by atoms with E-state index < -0.39 is 5.91 Å². The molecule has 1 atom stereocenters. The smallest absolute Gasteiger partial charge is 0.250 e. The van der Waals surface area contributed by atoms with Gasteiger partial charge < -0.3 is 21.5 Å². The quantitative estimate of drug-likeness (QED) is 0.680. The summed E-state index contributed by atoms with van der Waals surface area (Å²) in [5, 5.41) is 3.32. The highest BCUT2D eigenvalue weighted by Crippen LogP contribution is 2.20. The summed E-state index contributed by atoms with van der Waals surface area (Å²) in [4.78, 5) is 11.2. The van der Waals surface area contributed by atoms with Crippen molar-refractivity contribution in [2.75, 3.05) is 24.3 Å². The number of hydrogen-bond donors (Lipinski definition) is 3. The summed E-state index contributed by atoms with van der Waals surface area (Å²) in [6, 6.07) is 5.50. The monoisotopic (exact) mass is 235 g/mol. The molecule has 5 nitrogen and oxygen atoms in total. The molecule has 0 bridgehead atoms. The Morgan fingerprint density at radius 1 is 1.47 bits per heavy atom. The minimum atomic E-state index is -0.508. The minimum Gasteiger partial charge on any atom is -0.398 e. The maximum absolute atomic E-state index is 11.2. The molecule has 1 aliphatic heterocycles. The molecule has 2 rings (SSSR count). The van der Waals surface area contributed by atoms with Crippen molar-refractivity contribution in [1.29, 1.82) is 0 Å². The summed E-state index contributed by atoms with van der Waals surface area (Å²) in [6.45, 7) is 1.52. The fraction of sp³-hybridized carbons (Fsp3) is 0.417. The van der Waals surface area contributed by atoms with E-state index in [2.05, 4.69) is 5.32 Å². The molecule has 0 spiro atoms. The Morgan fingerprint density at radius 2 is 2.29 bits per heavy atom. The van der Waals surface area contributed by atoms with Gasteiger partial charge in [-0.3, -0.25) is 4.79 Å². The molecule has 1 heterocycles. The fourth-order valence-corrected chi connectivity index (χ4v) is 1.95. The summed E-state index contributed by atoms with van der Waals surface area (Å²) in [6.07, 6.45) is 2.12. The van der Waals surface area contributed by atoms with E-state index in [9.17, 15) is 4.79 Å². The van der Waals surface area contributed by atoms with Crippen molar-refractivity contribution >= 4 is 17.3 Å². The third-order valence-electron chi connectivity index (χ3n) is 2.85. The first-order valence-corrected chi connectivity index (χ1v) is 5.70. The molecule has 5 N–H and O–H groups in total. The molecule has 17 heavy (non-hydrogen) atoms. The number of carbonyl (C=O) groups excluding carboxylic acids is 1. The van der Waals surface area contributed by atoms with Gasteiger partial charge >= 0.3 is 0 Å². The van der Waals surface area contributed by atoms with Crippen LogP contribution in [0.1, 0.15) is 23.2 Å². The maximum Gasteiger partial charge on any atom is 0.250 e. The van der Waals surface area contributed by atoms with Gasteiger partial charge in [-0.15, -0.1) is 0 Å². The van der Waals surface area contributed by atoms with Crippen molar-refractivity contribution < 1.29 is 9.53 Å². The molecule has 1 aliphatic rings. The van der Waals surface area contributed by atoms with Crippen LogP contribution in [0.4, 0.5) is 11.4 Å². The van der Waals surface area contributed by atoms with Crippen LogP contribution in [0, 0.1) is 0 Å². The molecule has 5 heteroatoms. The Hall–Kier alpha value is -1.75. The average molecular weight is 235 g/mol. The third kappa shape index (κ3) is 2.88. The van der Waals surface area contributed by atoms with Crippen LogP contribution in [0.15, 0.2) is 18.2 Å². The van der Waals surface area contributed by atoms with Crippen molar-refractivity contribution in [3.8, 4) is 0 Å². The predicted molar refractivity (Wildman–Crippen MR) is 66.8 cm³/mol. The topological polar surface area (TPSA) is 90.4 Å². The Kier molecular flexibility index (Phi) is 3.49. The lowest BCUT2D eigenvalue weighted by Gasteiger charge is -2.24. The first kappa shape index (κ1) is 11.7. The SMILES string of the molecule is NC(=O)c1cc(NC2CCCOC2)ccc1N. The Morgan fingerprint density at radius 3 is 2.94 bits per heavy atom. The number of nitrogen functional groups attached to an aromatic ring is 1. The molecule has 0 aromatic heterocycles. The fourth-order valence-electron chi connectivity index (χ4n) is 1.95. The van der Waals surface area contributed by atoms with Crippen LogP contribution >= 0.6 is 0 Å². The van der Waals surface area contributed by atoms with Crippen LogP contribution in [0.5, 0.6) is 0 Å². The molecule has 1 unspecified atom stereocenters. The number of anilines is 2. The van der Waals surface area contributed by atoms with Crippen molar-refractivity contribution in [2.45, 2.75) is 18.9 Å². The number of carbonyl (C=O) groups is 1. The molecular formula is C12H17N3O2. The third-order valence-corrected chi connectivity index (χ3v) is 2.85. The molecule has 1 amide bonds. The van der Waals surface area contributed by atoms with Gasteiger partial charge in [-0.05, 0) is 31.0 Å². The number of ether oxygens (including phenoxy) is 1. The number of nitrogens with two attached hydrogens (primary N) is 2. The van der Waals surface area contributed by atoms with E-state index in [1.54, 1.807) is 12.1 Å². The summed E-state index contributed by atoms with van der Waals surface area (Å²) in [5.41, 5.74) is 12.5. The van der Waals surface area contributed by atoms with E-state index in [1.807, 2.05) is 6.07 Å². The van der Waals surface area contributed by atoms with Crippen LogP contribution in [0.3, 0.4) is 0 Å². The number of nitrogens with one attached hydrogen (secondary N) is 1. The van der Waals surface area contributed by atoms with E-state index in [0.29, 0.717) is 17.9 Å². The number of hydrogen-bond acceptors (Lipinski definition) is 4. The second-order valence-electron chi connectivity index (χ2n) is 4.22. The van der Waals surface area contributed by atoms with Gasteiger partial charge in [-0.1, -0.05) is 0 Å². The number of benzene rings is 1. The number of rotatable bonds is 3. The number of amides is 1. The van der Waals surface area contributed by atoms with Crippen LogP contribution in [0.2, 0.25) is 0 Å². The molecule has 92 valence electrons. The average Bonchev–Trinajstić information content (AvgIpc) is 2.32. The van der Waals surface area contributed by atoms with Crippen LogP contribution in [-0.2, 0) is 4.74 Å². The van der Waals surface area contributed by atoms with E-state index in [4.69, 9.17) is 16.2 Å². The van der Waals surface area contributed by atoms with E-state index in [1.165, 1.54) is 0 Å². The normalized spacial score (nSPS) is 19.9. The van der Waals surface area contributed by atoms with E-state index >= 15 is 0 Å². The number of primary amides is 1. The Balaban J connectivity index is 2.10. The minimum absolute atomic E-state index is 0.285. The highest BCUT2D eigenvalue weighted by atomic mass is 16.5. The zero-order chi connectivity index (χ0) is 12.3. The zero-order valence-corrected chi connectivity index (χ0v) is 9.61. The van der Waals surface area contributed by atoms with Gasteiger partial charge in [0.05, 0.1) is 12.2 Å². The second-order valence-corrected chi connectivity index (χ2v) is 4.22. The summed E-state index contributed by atoms with van der Waals surface area (Å²) in [5.74, 6) is -0.508. The predicted octanol–water partition coefficient (Wildman–Crippen LogP) is 0.959. The molecule has 1 aromatic rings. The van der Waals surface area contributed by atoms with Crippen molar-refractivity contribution in [2.24, 2.45) is 5.73 Å². The highest BCUT2D eigenvalue weighted by Gasteiger charge is 2.14. The standard InChI is InChI=1S/C12H17N3O2/c13-11-4-3-8(6-10(11)12(14)16)15-9-2-1-5-17-7-9/h3-4,6,9,15H,1-2,5,7,13H2,(H2,14,16). The van der Waals surface area contributed by atoms with Gasteiger partial charge in [0.2, 0.25) is 0 Å². The van der Waals surface area contributed by atoms with Gasteiger partial charge in [0.15, 0.2) is 0 Å². The summed E-state index contributed by atoms with van der Waals surface area (Å²) >= 11 is 0. The zero-order valence-electron chi connectivity index (χ0n) is 9.61. The molecule has 1 fully saturated rings. The molecule has 0 radical (unpaired) electrons. The van der Waals surface area contributed by atoms with E-state index in [-0.39, 0.29) is 6.04 Å². The molecular weight excluding hydrogens is 218 g/mol. The maximum atomic E-state index is 11.2. The lowest BCUT2D eigenvalue weighted by atomic mass is 10.1. The van der Waals surface area contributed by atoms with Crippen molar-refractivity contribution in [1.82, 2.24) is 0 Å². The summed E-state index contributed by atoms with van der Waals surface area (Å²) in [7, 11) is 0. The summed E-state index contributed by atoms with van der Waals surface area (Å²) < 4.78 is 5.38. The molecule has 0 aliphatic carbocycles. The van der Waals surface area contributed by atoms with Gasteiger partial charge in [0.25, 0.3) is 5.91 Å². The van der Waals surface area contributed by atoms with Gasteiger partial charge in [-0.2, -0.15) is 0 Å². The lowest BCUT2D eigenvalue weighted by molar-refractivity contribution is 0.0876. The lowest BCUT2D eigenvalue weighted by Crippen LogP contribution is -2.30. The first-order chi connectivity index (χ1) is 8.16. The van der Waals surface area contributed by atoms with Gasteiger partial charge in [0.1, 0.15) is 0 Å². The second kappa shape index (κ2) is 5.05. The van der Waals surface area contributed by atoms with Crippen LogP contribution in [0.25, 0.3) is 0 Å². The van der Waals surface area contributed by atoms with E-state index in [0.717, 1.165) is 25.1 Å². The van der Waals surface area contributed by atoms with Gasteiger partial charge in [-0.25, -0.2) is 0 Å². The largest absolute Gasteiger partial charge is 0.398 e.